The van der Waals surface area contributed by atoms with Crippen molar-refractivity contribution in [3.05, 3.63) is 0 Å². The van der Waals surface area contributed by atoms with Crippen molar-refractivity contribution < 1.29 is 0 Å². The first-order chi connectivity index (χ1) is 7.28. The van der Waals surface area contributed by atoms with Crippen LogP contribution in [0.3, 0.4) is 0 Å². The second-order valence-corrected chi connectivity index (χ2v) is 7.03. The van der Waals surface area contributed by atoms with Crippen LogP contribution in [0.4, 0.5) is 0 Å². The average molecular weight is 246 g/mol. The van der Waals surface area contributed by atoms with Crippen LogP contribution in [0.25, 0.3) is 0 Å². The molecule has 0 spiro atoms. The summed E-state index contributed by atoms with van der Waals surface area (Å²) in [6.07, 6.45) is 2.59. The monoisotopic (exact) mass is 246 g/mol. The smallest absolute Gasteiger partial charge is 0.0350 e. The minimum atomic E-state index is 0.339. The molecular weight excluding hydrogens is 224 g/mol. The van der Waals surface area contributed by atoms with Crippen LogP contribution in [0.2, 0.25) is 0 Å². The summed E-state index contributed by atoms with van der Waals surface area (Å²) in [7, 11) is 0. The molecule has 2 fully saturated rings. The summed E-state index contributed by atoms with van der Waals surface area (Å²) in [5.41, 5.74) is 6.41. The normalized spacial score (nSPS) is 32.8. The maximum atomic E-state index is 6.07. The van der Waals surface area contributed by atoms with E-state index in [-0.39, 0.29) is 0 Å². The van der Waals surface area contributed by atoms with Gasteiger partial charge in [-0.2, -0.15) is 23.5 Å². The fraction of sp³-hybridized carbons (Fsp3) is 1.00. The predicted octanol–water partition coefficient (Wildman–Crippen LogP) is 1.65. The van der Waals surface area contributed by atoms with Gasteiger partial charge in [0.2, 0.25) is 0 Å². The van der Waals surface area contributed by atoms with Crippen molar-refractivity contribution in [1.82, 2.24) is 4.90 Å². The highest BCUT2D eigenvalue weighted by molar-refractivity contribution is 7.99. The molecule has 1 unspecified atom stereocenters. The van der Waals surface area contributed by atoms with Crippen molar-refractivity contribution in [2.75, 3.05) is 36.1 Å². The fourth-order valence-corrected chi connectivity index (χ4v) is 5.06. The lowest BCUT2D eigenvalue weighted by molar-refractivity contribution is 0.0591. The molecule has 15 heavy (non-hydrogen) atoms. The molecule has 2 saturated heterocycles. The van der Waals surface area contributed by atoms with Crippen molar-refractivity contribution >= 4 is 23.5 Å². The van der Waals surface area contributed by atoms with E-state index in [0.29, 0.717) is 5.54 Å². The van der Waals surface area contributed by atoms with Gasteiger partial charge in [0, 0.05) is 36.2 Å². The second-order valence-electron chi connectivity index (χ2n) is 4.66. The van der Waals surface area contributed by atoms with Crippen molar-refractivity contribution in [3.63, 3.8) is 0 Å². The standard InChI is InChI=1S/C11H22N2S2/c1-10-8-15-7-4-13(10)11(9-12)2-5-14-6-3-11/h10H,2-9,12H2,1H3. The highest BCUT2D eigenvalue weighted by Crippen LogP contribution is 2.35. The SMILES string of the molecule is CC1CSCCN1C1(CN)CCSCC1. The minimum absolute atomic E-state index is 0.339. The molecule has 88 valence electrons. The molecule has 1 atom stereocenters. The Morgan fingerprint density at radius 1 is 1.27 bits per heavy atom. The van der Waals surface area contributed by atoms with Crippen LogP contribution in [0.1, 0.15) is 19.8 Å². The molecule has 0 aliphatic carbocycles. The van der Waals surface area contributed by atoms with E-state index in [4.69, 9.17) is 5.73 Å². The Labute approximate surface area is 102 Å². The van der Waals surface area contributed by atoms with Crippen molar-refractivity contribution in [2.24, 2.45) is 5.73 Å². The summed E-state index contributed by atoms with van der Waals surface area (Å²) in [5, 5.41) is 0. The third-order valence-corrected chi connectivity index (χ3v) is 5.96. The molecule has 2 aliphatic rings. The number of hydrogen-bond acceptors (Lipinski definition) is 4. The Kier molecular flexibility index (Phi) is 4.27. The molecular formula is C11H22N2S2. The van der Waals surface area contributed by atoms with Crippen molar-refractivity contribution in [1.29, 1.82) is 0 Å². The molecule has 2 nitrogen and oxygen atoms in total. The van der Waals surface area contributed by atoms with E-state index >= 15 is 0 Å². The molecule has 0 bridgehead atoms. The number of nitrogens with two attached hydrogens (primary N) is 1. The summed E-state index contributed by atoms with van der Waals surface area (Å²) in [6.45, 7) is 4.46. The Hall–Kier alpha value is 0.620. The quantitative estimate of drug-likeness (QED) is 0.802. The first-order valence-corrected chi connectivity index (χ1v) is 8.22. The third-order valence-electron chi connectivity index (χ3n) is 3.78. The molecule has 0 aromatic rings. The highest BCUT2D eigenvalue weighted by atomic mass is 32.2. The average Bonchev–Trinajstić information content (AvgIpc) is 2.30. The Morgan fingerprint density at radius 2 is 2.00 bits per heavy atom. The van der Waals surface area contributed by atoms with E-state index in [1.54, 1.807) is 0 Å². The number of nitrogens with zero attached hydrogens (tertiary/aromatic N) is 1. The summed E-state index contributed by atoms with van der Waals surface area (Å²) in [5.74, 6) is 5.18. The lowest BCUT2D eigenvalue weighted by atomic mass is 9.88. The molecule has 2 aliphatic heterocycles. The zero-order chi connectivity index (χ0) is 10.7. The minimum Gasteiger partial charge on any atom is -0.329 e. The number of rotatable bonds is 2. The summed E-state index contributed by atoms with van der Waals surface area (Å²) in [4.78, 5) is 2.71. The van der Waals surface area contributed by atoms with Crippen LogP contribution in [-0.2, 0) is 0 Å². The molecule has 0 amide bonds. The molecule has 2 heterocycles. The van der Waals surface area contributed by atoms with Gasteiger partial charge in [0.05, 0.1) is 0 Å². The van der Waals surface area contributed by atoms with Crippen LogP contribution in [0, 0.1) is 0 Å². The molecule has 2 rings (SSSR count). The van der Waals surface area contributed by atoms with Gasteiger partial charge < -0.3 is 5.73 Å². The van der Waals surface area contributed by atoms with Crippen LogP contribution >= 0.6 is 23.5 Å². The number of hydrogen-bond donors (Lipinski definition) is 1. The van der Waals surface area contributed by atoms with E-state index in [2.05, 4.69) is 35.3 Å². The topological polar surface area (TPSA) is 29.3 Å². The summed E-state index contributed by atoms with van der Waals surface area (Å²) < 4.78 is 0. The molecule has 0 radical (unpaired) electrons. The van der Waals surface area contributed by atoms with Gasteiger partial charge in [0.1, 0.15) is 0 Å². The van der Waals surface area contributed by atoms with Crippen molar-refractivity contribution in [3.8, 4) is 0 Å². The van der Waals surface area contributed by atoms with Gasteiger partial charge in [0.25, 0.3) is 0 Å². The fourth-order valence-electron chi connectivity index (χ4n) is 2.79. The van der Waals surface area contributed by atoms with Crippen LogP contribution < -0.4 is 5.73 Å². The van der Waals surface area contributed by atoms with Gasteiger partial charge in [-0.05, 0) is 31.3 Å². The van der Waals surface area contributed by atoms with E-state index in [9.17, 15) is 0 Å². The van der Waals surface area contributed by atoms with Gasteiger partial charge in [-0.1, -0.05) is 0 Å². The molecule has 0 aromatic carbocycles. The lowest BCUT2D eigenvalue weighted by Gasteiger charge is -2.50. The van der Waals surface area contributed by atoms with E-state index < -0.39 is 0 Å². The van der Waals surface area contributed by atoms with E-state index in [1.165, 1.54) is 42.4 Å². The zero-order valence-electron chi connectivity index (χ0n) is 9.58. The summed E-state index contributed by atoms with van der Waals surface area (Å²) in [6, 6.07) is 0.718. The van der Waals surface area contributed by atoms with Crippen LogP contribution in [0.15, 0.2) is 0 Å². The zero-order valence-corrected chi connectivity index (χ0v) is 11.2. The molecule has 4 heteroatoms. The first kappa shape index (κ1) is 12.1. The Balaban J connectivity index is 2.08. The first-order valence-electron chi connectivity index (χ1n) is 5.91. The van der Waals surface area contributed by atoms with Crippen LogP contribution in [-0.4, -0.2) is 52.6 Å². The van der Waals surface area contributed by atoms with E-state index in [1.807, 2.05) is 0 Å². The van der Waals surface area contributed by atoms with Crippen LogP contribution in [0.5, 0.6) is 0 Å². The van der Waals surface area contributed by atoms with E-state index in [0.717, 1.165) is 12.6 Å². The van der Waals surface area contributed by atoms with Gasteiger partial charge >= 0.3 is 0 Å². The Morgan fingerprint density at radius 3 is 2.60 bits per heavy atom. The third kappa shape index (κ3) is 2.48. The second kappa shape index (κ2) is 5.30. The van der Waals surface area contributed by atoms with Gasteiger partial charge in [-0.3, -0.25) is 4.90 Å². The largest absolute Gasteiger partial charge is 0.329 e. The number of thioether (sulfide) groups is 2. The maximum Gasteiger partial charge on any atom is 0.0350 e. The van der Waals surface area contributed by atoms with Gasteiger partial charge in [0.15, 0.2) is 0 Å². The Bertz CT molecular complexity index is 205. The summed E-state index contributed by atoms with van der Waals surface area (Å²) >= 11 is 4.18. The maximum absolute atomic E-state index is 6.07. The van der Waals surface area contributed by atoms with Crippen molar-refractivity contribution in [2.45, 2.75) is 31.3 Å². The highest BCUT2D eigenvalue weighted by Gasteiger charge is 2.40. The van der Waals surface area contributed by atoms with Gasteiger partial charge in [-0.15, -0.1) is 0 Å². The van der Waals surface area contributed by atoms with Gasteiger partial charge in [-0.25, -0.2) is 0 Å². The molecule has 2 N–H and O–H groups in total. The lowest BCUT2D eigenvalue weighted by Crippen LogP contribution is -2.61. The molecule has 0 saturated carbocycles. The molecule has 0 aromatic heterocycles. The predicted molar refractivity (Wildman–Crippen MR) is 71.8 cm³/mol.